The van der Waals surface area contributed by atoms with Crippen LogP contribution in [0.1, 0.15) is 48.8 Å². The third kappa shape index (κ3) is 3.69. The van der Waals surface area contributed by atoms with Crippen LogP contribution in [0, 0.1) is 13.8 Å². The summed E-state index contributed by atoms with van der Waals surface area (Å²) in [6.45, 7) is 4.06. The standard InChI is InChI=1S/C24H29N3O4/c1-15-7-8-17(13-21(15)31-3)25-22(29)24(11-5-4-6-12-24)27-14-18-16(2)20(28)10-9-19(18)26-23(27)30/h7-10,13,28H,4-6,11-12,14H2,1-3H3,(H,25,29)(H,26,30). The fraction of sp³-hybridized carbons (Fsp3) is 0.417. The van der Waals surface area contributed by atoms with Crippen LogP contribution in [0.5, 0.6) is 11.5 Å². The number of anilines is 2. The molecule has 1 heterocycles. The van der Waals surface area contributed by atoms with Gasteiger partial charge in [-0.1, -0.05) is 25.3 Å². The average Bonchev–Trinajstić information content (AvgIpc) is 2.77. The molecule has 0 aromatic heterocycles. The van der Waals surface area contributed by atoms with Crippen molar-refractivity contribution in [3.8, 4) is 11.5 Å². The van der Waals surface area contributed by atoms with Gasteiger partial charge in [-0.05, 0) is 56.0 Å². The molecule has 7 heteroatoms. The van der Waals surface area contributed by atoms with Gasteiger partial charge in [0.15, 0.2) is 0 Å². The van der Waals surface area contributed by atoms with Crippen LogP contribution < -0.4 is 15.4 Å². The van der Waals surface area contributed by atoms with Crippen molar-refractivity contribution >= 4 is 23.3 Å². The third-order valence-corrected chi connectivity index (χ3v) is 6.66. The first-order valence-electron chi connectivity index (χ1n) is 10.7. The Hall–Kier alpha value is -3.22. The predicted molar refractivity (Wildman–Crippen MR) is 120 cm³/mol. The molecule has 31 heavy (non-hydrogen) atoms. The highest BCUT2D eigenvalue weighted by atomic mass is 16.5. The first-order chi connectivity index (χ1) is 14.9. The number of nitrogens with one attached hydrogen (secondary N) is 2. The number of carbonyl (C=O) groups is 2. The van der Waals surface area contributed by atoms with E-state index in [9.17, 15) is 14.7 Å². The van der Waals surface area contributed by atoms with Gasteiger partial charge in [-0.2, -0.15) is 0 Å². The van der Waals surface area contributed by atoms with Gasteiger partial charge in [-0.25, -0.2) is 4.79 Å². The van der Waals surface area contributed by atoms with E-state index in [2.05, 4.69) is 10.6 Å². The Morgan fingerprint density at radius 1 is 1.16 bits per heavy atom. The second-order valence-electron chi connectivity index (χ2n) is 8.48. The smallest absolute Gasteiger partial charge is 0.323 e. The normalized spacial score (nSPS) is 17.5. The summed E-state index contributed by atoms with van der Waals surface area (Å²) in [6, 6.07) is 8.56. The van der Waals surface area contributed by atoms with Crippen LogP contribution in [0.2, 0.25) is 0 Å². The number of aromatic hydroxyl groups is 1. The Morgan fingerprint density at radius 2 is 1.90 bits per heavy atom. The number of fused-ring (bicyclic) bond motifs is 1. The van der Waals surface area contributed by atoms with Gasteiger partial charge in [0.05, 0.1) is 13.7 Å². The lowest BCUT2D eigenvalue weighted by atomic mass is 9.78. The zero-order chi connectivity index (χ0) is 22.2. The minimum absolute atomic E-state index is 0.184. The Kier molecular flexibility index (Phi) is 5.52. The van der Waals surface area contributed by atoms with E-state index >= 15 is 0 Å². The molecule has 4 rings (SSSR count). The SMILES string of the molecule is COc1cc(NC(=O)C2(N3Cc4c(ccc(O)c4C)NC3=O)CCCCC2)ccc1C. The third-order valence-electron chi connectivity index (χ3n) is 6.66. The quantitative estimate of drug-likeness (QED) is 0.622. The topological polar surface area (TPSA) is 90.9 Å². The van der Waals surface area contributed by atoms with Crippen molar-refractivity contribution in [1.29, 1.82) is 0 Å². The van der Waals surface area contributed by atoms with Crippen molar-refractivity contribution in [2.75, 3.05) is 17.7 Å². The molecule has 2 aliphatic rings. The van der Waals surface area contributed by atoms with Crippen molar-refractivity contribution in [3.05, 3.63) is 47.0 Å². The van der Waals surface area contributed by atoms with Crippen LogP contribution in [0.4, 0.5) is 16.2 Å². The second-order valence-corrected chi connectivity index (χ2v) is 8.48. The number of aryl methyl sites for hydroxylation is 1. The van der Waals surface area contributed by atoms with Crippen LogP contribution >= 0.6 is 0 Å². The molecule has 1 aliphatic heterocycles. The van der Waals surface area contributed by atoms with Crippen molar-refractivity contribution in [3.63, 3.8) is 0 Å². The monoisotopic (exact) mass is 423 g/mol. The number of hydrogen-bond acceptors (Lipinski definition) is 4. The maximum absolute atomic E-state index is 13.7. The number of carbonyl (C=O) groups excluding carboxylic acids is 2. The summed E-state index contributed by atoms with van der Waals surface area (Å²) in [6.07, 6.45) is 3.99. The Labute approximate surface area is 182 Å². The molecule has 2 aromatic rings. The Bertz CT molecular complexity index is 1030. The van der Waals surface area contributed by atoms with Gasteiger partial charge in [0.1, 0.15) is 17.0 Å². The molecule has 0 radical (unpaired) electrons. The first kappa shape index (κ1) is 21.0. The molecule has 1 saturated carbocycles. The first-order valence-corrected chi connectivity index (χ1v) is 10.7. The van der Waals surface area contributed by atoms with E-state index in [0.29, 0.717) is 30.0 Å². The zero-order valence-corrected chi connectivity index (χ0v) is 18.2. The molecule has 3 N–H and O–H groups in total. The van der Waals surface area contributed by atoms with Crippen LogP contribution in [0.25, 0.3) is 0 Å². The number of benzene rings is 2. The highest BCUT2D eigenvalue weighted by Gasteiger charge is 2.48. The van der Waals surface area contributed by atoms with E-state index in [1.165, 1.54) is 0 Å². The van der Waals surface area contributed by atoms with E-state index in [0.717, 1.165) is 36.0 Å². The minimum Gasteiger partial charge on any atom is -0.508 e. The zero-order valence-electron chi connectivity index (χ0n) is 18.2. The second kappa shape index (κ2) is 8.13. The maximum Gasteiger partial charge on any atom is 0.323 e. The Morgan fingerprint density at radius 3 is 2.61 bits per heavy atom. The molecular formula is C24H29N3O4. The molecule has 7 nitrogen and oxygen atoms in total. The van der Waals surface area contributed by atoms with Crippen LogP contribution in [0.15, 0.2) is 30.3 Å². The van der Waals surface area contributed by atoms with Gasteiger partial charge < -0.3 is 25.4 Å². The lowest BCUT2D eigenvalue weighted by Gasteiger charge is -2.47. The maximum atomic E-state index is 13.7. The number of amides is 3. The minimum atomic E-state index is -0.948. The van der Waals surface area contributed by atoms with Gasteiger partial charge >= 0.3 is 6.03 Å². The van der Waals surface area contributed by atoms with Gasteiger partial charge in [0, 0.05) is 23.0 Å². The van der Waals surface area contributed by atoms with Crippen molar-refractivity contribution in [2.24, 2.45) is 0 Å². The molecule has 0 spiro atoms. The molecule has 1 aliphatic carbocycles. The van der Waals surface area contributed by atoms with Gasteiger partial charge in [0.25, 0.3) is 0 Å². The number of nitrogens with zero attached hydrogens (tertiary/aromatic N) is 1. The summed E-state index contributed by atoms with van der Waals surface area (Å²) in [7, 11) is 1.60. The van der Waals surface area contributed by atoms with Gasteiger partial charge in [-0.3, -0.25) is 4.79 Å². The highest BCUT2D eigenvalue weighted by molar-refractivity contribution is 6.03. The number of phenols is 1. The molecule has 0 atom stereocenters. The van der Waals surface area contributed by atoms with E-state index in [4.69, 9.17) is 4.74 Å². The lowest BCUT2D eigenvalue weighted by Crippen LogP contribution is -2.61. The molecule has 3 amide bonds. The molecule has 1 fully saturated rings. The van der Waals surface area contributed by atoms with Crippen molar-refractivity contribution in [2.45, 2.75) is 58.0 Å². The summed E-state index contributed by atoms with van der Waals surface area (Å²) in [4.78, 5) is 28.4. The number of hydrogen-bond donors (Lipinski definition) is 3. The molecular weight excluding hydrogens is 394 g/mol. The van der Waals surface area contributed by atoms with Crippen LogP contribution in [-0.2, 0) is 11.3 Å². The fourth-order valence-electron chi connectivity index (χ4n) is 4.73. The van der Waals surface area contributed by atoms with E-state index in [1.54, 1.807) is 30.2 Å². The molecule has 0 saturated heterocycles. The summed E-state index contributed by atoms with van der Waals surface area (Å²) in [5, 5.41) is 16.1. The largest absolute Gasteiger partial charge is 0.508 e. The van der Waals surface area contributed by atoms with Gasteiger partial charge in [-0.15, -0.1) is 0 Å². The molecule has 2 aromatic carbocycles. The molecule has 0 bridgehead atoms. The van der Waals surface area contributed by atoms with Crippen molar-refractivity contribution < 1.29 is 19.4 Å². The summed E-state index contributed by atoms with van der Waals surface area (Å²) < 4.78 is 5.39. The Balaban J connectivity index is 1.68. The van der Waals surface area contributed by atoms with Crippen LogP contribution in [0.3, 0.4) is 0 Å². The van der Waals surface area contributed by atoms with E-state index in [1.807, 2.05) is 26.0 Å². The number of rotatable bonds is 4. The average molecular weight is 424 g/mol. The lowest BCUT2D eigenvalue weighted by molar-refractivity contribution is -0.128. The van der Waals surface area contributed by atoms with E-state index in [-0.39, 0.29) is 24.2 Å². The number of phenolic OH excluding ortho intramolecular Hbond substituents is 1. The number of urea groups is 1. The summed E-state index contributed by atoms with van der Waals surface area (Å²) >= 11 is 0. The summed E-state index contributed by atoms with van der Waals surface area (Å²) in [5.41, 5.74) is 2.92. The number of ether oxygens (including phenoxy) is 1. The predicted octanol–water partition coefficient (Wildman–Crippen LogP) is 4.71. The fourth-order valence-corrected chi connectivity index (χ4v) is 4.73. The van der Waals surface area contributed by atoms with Crippen molar-refractivity contribution in [1.82, 2.24) is 4.90 Å². The summed E-state index contributed by atoms with van der Waals surface area (Å²) in [5.74, 6) is 0.699. The molecule has 0 unspecified atom stereocenters. The van der Waals surface area contributed by atoms with E-state index < -0.39 is 5.54 Å². The number of methoxy groups -OCH3 is 1. The van der Waals surface area contributed by atoms with Crippen LogP contribution in [-0.4, -0.2) is 34.6 Å². The molecule has 164 valence electrons. The highest BCUT2D eigenvalue weighted by Crippen LogP contribution is 2.41. The van der Waals surface area contributed by atoms with Gasteiger partial charge in [0.2, 0.25) is 5.91 Å².